The molecule has 4 nitrogen and oxygen atoms in total. The molecule has 0 saturated heterocycles. The largest absolute Gasteiger partial charge is 0.512 e. The normalized spacial score (nSPS) is 34.1. The molecule has 4 atom stereocenters. The summed E-state index contributed by atoms with van der Waals surface area (Å²) >= 11 is 0. The molecule has 3 aliphatic carbocycles. The second-order valence-corrected chi connectivity index (χ2v) is 11.6. The fraction of sp³-hybridized carbons (Fsp3) is 0.852. The molecule has 1 fully saturated rings. The Bertz CT molecular complexity index is 625. The monoisotopic (exact) mass is 436 g/mol. The molecule has 0 aliphatic heterocycles. The van der Waals surface area contributed by atoms with Crippen LogP contribution in [0.4, 0.5) is 0 Å². The van der Waals surface area contributed by atoms with Crippen molar-refractivity contribution < 1.29 is 19.7 Å². The summed E-state index contributed by atoms with van der Waals surface area (Å²) in [6.45, 7) is 12.2. The van der Waals surface area contributed by atoms with E-state index in [2.05, 4.69) is 27.7 Å². The Kier molecular flexibility index (Phi) is 9.66. The zero-order valence-electron chi connectivity index (χ0n) is 21.2. The lowest BCUT2D eigenvalue weighted by atomic mass is 9.65. The minimum atomic E-state index is -0.727. The smallest absolute Gasteiger partial charge is 0.106 e. The van der Waals surface area contributed by atoms with Gasteiger partial charge in [0.1, 0.15) is 5.60 Å². The van der Waals surface area contributed by atoms with Crippen molar-refractivity contribution in [1.82, 2.24) is 0 Å². The highest BCUT2D eigenvalue weighted by molar-refractivity contribution is 5.16. The van der Waals surface area contributed by atoms with Crippen LogP contribution >= 0.6 is 0 Å². The quantitative estimate of drug-likeness (QED) is 0.486. The first kappa shape index (κ1) is 26.4. The molecule has 0 radical (unpaired) electrons. The summed E-state index contributed by atoms with van der Waals surface area (Å²) in [5.41, 5.74) is 2.27. The number of rotatable bonds is 5. The van der Waals surface area contributed by atoms with Crippen LogP contribution < -0.4 is 0 Å². The van der Waals surface area contributed by atoms with E-state index in [4.69, 9.17) is 9.47 Å². The third-order valence-electron chi connectivity index (χ3n) is 7.69. The van der Waals surface area contributed by atoms with Gasteiger partial charge in [-0.15, -0.1) is 0 Å². The van der Waals surface area contributed by atoms with Gasteiger partial charge in [0, 0.05) is 20.1 Å². The highest BCUT2D eigenvalue weighted by atomic mass is 16.5. The molecular formula is C27H48O4. The van der Waals surface area contributed by atoms with Crippen molar-refractivity contribution in [3.05, 3.63) is 23.0 Å². The van der Waals surface area contributed by atoms with Crippen LogP contribution in [0.3, 0.4) is 0 Å². The summed E-state index contributed by atoms with van der Waals surface area (Å²) in [5, 5.41) is 20.3. The minimum Gasteiger partial charge on any atom is -0.512 e. The van der Waals surface area contributed by atoms with Crippen molar-refractivity contribution in [2.45, 2.75) is 91.6 Å². The predicted molar refractivity (Wildman–Crippen MR) is 128 cm³/mol. The number of methoxy groups -OCH3 is 2. The maximum atomic E-state index is 10.6. The first-order chi connectivity index (χ1) is 14.5. The molecule has 0 heterocycles. The number of ether oxygens (including phenoxy) is 2. The van der Waals surface area contributed by atoms with Gasteiger partial charge in [-0.25, -0.2) is 0 Å². The number of aliphatic hydroxyl groups excluding tert-OH is 1. The van der Waals surface area contributed by atoms with E-state index in [1.54, 1.807) is 14.2 Å². The lowest BCUT2D eigenvalue weighted by Gasteiger charge is -2.42. The van der Waals surface area contributed by atoms with Crippen molar-refractivity contribution in [2.75, 3.05) is 27.4 Å². The highest BCUT2D eigenvalue weighted by Gasteiger charge is 2.38. The molecule has 0 amide bonds. The van der Waals surface area contributed by atoms with Gasteiger partial charge in [0.05, 0.1) is 19.0 Å². The Balaban J connectivity index is 0.000000245. The number of hydrogen-bond acceptors (Lipinski definition) is 4. The van der Waals surface area contributed by atoms with E-state index in [9.17, 15) is 10.2 Å². The molecule has 0 aromatic carbocycles. The van der Waals surface area contributed by atoms with Gasteiger partial charge in [-0.3, -0.25) is 0 Å². The van der Waals surface area contributed by atoms with Crippen LogP contribution in [0.2, 0.25) is 0 Å². The van der Waals surface area contributed by atoms with Crippen molar-refractivity contribution in [1.29, 1.82) is 0 Å². The molecule has 0 bridgehead atoms. The van der Waals surface area contributed by atoms with E-state index in [0.29, 0.717) is 36.2 Å². The Morgan fingerprint density at radius 2 is 1.68 bits per heavy atom. The van der Waals surface area contributed by atoms with E-state index in [-0.39, 0.29) is 5.92 Å². The maximum Gasteiger partial charge on any atom is 0.106 e. The van der Waals surface area contributed by atoms with Crippen molar-refractivity contribution in [3.8, 4) is 0 Å². The first-order valence-electron chi connectivity index (χ1n) is 12.3. The zero-order valence-corrected chi connectivity index (χ0v) is 21.2. The van der Waals surface area contributed by atoms with Crippen LogP contribution in [-0.2, 0) is 9.47 Å². The van der Waals surface area contributed by atoms with Gasteiger partial charge in [0.25, 0.3) is 0 Å². The lowest BCUT2D eigenvalue weighted by Crippen LogP contribution is -2.40. The molecule has 1 saturated carbocycles. The van der Waals surface area contributed by atoms with Gasteiger partial charge in [-0.2, -0.15) is 0 Å². The Morgan fingerprint density at radius 3 is 2.26 bits per heavy atom. The second kappa shape index (κ2) is 11.3. The minimum absolute atomic E-state index is 0.235. The Morgan fingerprint density at radius 1 is 1.03 bits per heavy atom. The summed E-state index contributed by atoms with van der Waals surface area (Å²) in [6, 6.07) is 0. The predicted octanol–water partition coefficient (Wildman–Crippen LogP) is 6.45. The summed E-state index contributed by atoms with van der Waals surface area (Å²) in [4.78, 5) is 0. The molecule has 180 valence electrons. The standard InChI is InChI=1S/C17H30O2.C10H18O2/c1-13-9-15(11-17(18,10-13)12-19-4)14-5-7-16(2,3)8-6-14;1-7-4-8(2)10(11)9(5-7)6-12-3/h10,14-15,18H,5-9,11-12H2,1-4H3;7,9,11H,4-6H2,1-3H3. The summed E-state index contributed by atoms with van der Waals surface area (Å²) in [6.07, 6.45) is 11.5. The van der Waals surface area contributed by atoms with Gasteiger partial charge >= 0.3 is 0 Å². The Hall–Kier alpha value is -0.840. The molecule has 2 N–H and O–H groups in total. The van der Waals surface area contributed by atoms with Crippen LogP contribution in [-0.4, -0.2) is 43.2 Å². The molecule has 3 aliphatic rings. The molecule has 31 heavy (non-hydrogen) atoms. The molecule has 0 aromatic heterocycles. The fourth-order valence-corrected chi connectivity index (χ4v) is 6.10. The lowest BCUT2D eigenvalue weighted by molar-refractivity contribution is -0.0279. The van der Waals surface area contributed by atoms with Gasteiger partial charge in [0.15, 0.2) is 0 Å². The Labute approximate surface area is 191 Å². The summed E-state index contributed by atoms with van der Waals surface area (Å²) in [5.74, 6) is 2.91. The van der Waals surface area contributed by atoms with Gasteiger partial charge in [-0.05, 0) is 94.0 Å². The zero-order chi connectivity index (χ0) is 23.2. The van der Waals surface area contributed by atoms with E-state index < -0.39 is 5.60 Å². The third kappa shape index (κ3) is 7.91. The molecular weight excluding hydrogens is 388 g/mol. The molecule has 4 unspecified atom stereocenters. The molecule has 0 aromatic rings. The van der Waals surface area contributed by atoms with Gasteiger partial charge in [-0.1, -0.05) is 32.4 Å². The van der Waals surface area contributed by atoms with E-state index in [1.165, 1.54) is 31.3 Å². The van der Waals surface area contributed by atoms with Crippen LogP contribution in [0.5, 0.6) is 0 Å². The fourth-order valence-electron chi connectivity index (χ4n) is 6.10. The molecule has 0 spiro atoms. The van der Waals surface area contributed by atoms with Crippen LogP contribution in [0, 0.1) is 29.1 Å². The van der Waals surface area contributed by atoms with E-state index in [1.807, 2.05) is 13.0 Å². The van der Waals surface area contributed by atoms with Crippen LogP contribution in [0.1, 0.15) is 86.0 Å². The molecule has 3 rings (SSSR count). The average molecular weight is 437 g/mol. The molecule has 4 heteroatoms. The van der Waals surface area contributed by atoms with E-state index >= 15 is 0 Å². The van der Waals surface area contributed by atoms with Crippen molar-refractivity contribution in [3.63, 3.8) is 0 Å². The van der Waals surface area contributed by atoms with Crippen LogP contribution in [0.15, 0.2) is 23.0 Å². The topological polar surface area (TPSA) is 58.9 Å². The van der Waals surface area contributed by atoms with Crippen molar-refractivity contribution >= 4 is 0 Å². The van der Waals surface area contributed by atoms with Crippen molar-refractivity contribution in [2.24, 2.45) is 29.1 Å². The van der Waals surface area contributed by atoms with Gasteiger partial charge in [0.2, 0.25) is 0 Å². The summed E-state index contributed by atoms with van der Waals surface area (Å²) in [7, 11) is 3.36. The number of aliphatic hydroxyl groups is 2. The SMILES string of the molecule is COCC1(O)C=C(C)CC(C2CCC(C)(C)CC2)C1.COCC1CC(C)CC(C)=C1O. The maximum absolute atomic E-state index is 10.6. The first-order valence-corrected chi connectivity index (χ1v) is 12.3. The van der Waals surface area contributed by atoms with Crippen LogP contribution in [0.25, 0.3) is 0 Å². The third-order valence-corrected chi connectivity index (χ3v) is 7.69. The summed E-state index contributed by atoms with van der Waals surface area (Å²) < 4.78 is 10.3. The highest BCUT2D eigenvalue weighted by Crippen LogP contribution is 2.46. The van der Waals surface area contributed by atoms with E-state index in [0.717, 1.165) is 37.2 Å². The number of hydrogen-bond donors (Lipinski definition) is 2. The van der Waals surface area contributed by atoms with Gasteiger partial charge < -0.3 is 19.7 Å². The number of allylic oxidation sites excluding steroid dienone is 2. The average Bonchev–Trinajstić information content (AvgIpc) is 2.65. The second-order valence-electron chi connectivity index (χ2n) is 11.6.